The lowest BCUT2D eigenvalue weighted by atomic mass is 10.1. The average Bonchev–Trinajstić information content (AvgIpc) is 3.10. The number of hydrogen-bond acceptors (Lipinski definition) is 4. The van der Waals surface area contributed by atoms with Crippen molar-refractivity contribution in [2.45, 2.75) is 25.5 Å². The van der Waals surface area contributed by atoms with Gasteiger partial charge in [-0.25, -0.2) is 0 Å². The Bertz CT molecular complexity index is 788. The monoisotopic (exact) mass is 389 g/mol. The summed E-state index contributed by atoms with van der Waals surface area (Å²) in [5.74, 6) is 0.356. The van der Waals surface area contributed by atoms with E-state index in [1.807, 2.05) is 38.2 Å². The number of nitrogens with one attached hydrogen (secondary N) is 3. The van der Waals surface area contributed by atoms with Gasteiger partial charge < -0.3 is 20.7 Å². The number of carbonyl (C=O) groups is 2. The molecule has 0 saturated heterocycles. The van der Waals surface area contributed by atoms with Crippen molar-refractivity contribution in [2.24, 2.45) is 0 Å². The van der Waals surface area contributed by atoms with Crippen LogP contribution in [0.25, 0.3) is 0 Å². The third kappa shape index (κ3) is 5.21. The van der Waals surface area contributed by atoms with E-state index in [1.165, 1.54) is 0 Å². The van der Waals surface area contributed by atoms with E-state index in [4.69, 9.17) is 4.74 Å². The highest BCUT2D eigenvalue weighted by molar-refractivity contribution is 5.98. The fourth-order valence-electron chi connectivity index (χ4n) is 2.74. The number of fused-ring (bicyclic) bond motifs is 1. The molecule has 2 aromatic rings. The van der Waals surface area contributed by atoms with Gasteiger partial charge in [-0.1, -0.05) is 24.3 Å². The van der Waals surface area contributed by atoms with Gasteiger partial charge in [0.1, 0.15) is 5.75 Å². The normalized spacial score (nSPS) is 15.7. The fraction of sp³-hybridized carbons (Fsp3) is 0.300. The number of hydrogen-bond donors (Lipinski definition) is 3. The van der Waals surface area contributed by atoms with E-state index >= 15 is 0 Å². The predicted octanol–water partition coefficient (Wildman–Crippen LogP) is 2.39. The van der Waals surface area contributed by atoms with Gasteiger partial charge in [-0.15, -0.1) is 12.4 Å². The zero-order valence-corrected chi connectivity index (χ0v) is 16.1. The number of anilines is 1. The zero-order chi connectivity index (χ0) is 18.5. The number of halogens is 1. The van der Waals surface area contributed by atoms with Gasteiger partial charge in [0.15, 0.2) is 6.10 Å². The molecule has 0 fully saturated rings. The molecule has 0 aromatic heterocycles. The van der Waals surface area contributed by atoms with Crippen molar-refractivity contribution in [1.29, 1.82) is 0 Å². The molecule has 0 spiro atoms. The Labute approximate surface area is 165 Å². The molecule has 1 aliphatic heterocycles. The van der Waals surface area contributed by atoms with Gasteiger partial charge in [-0.2, -0.15) is 0 Å². The first-order valence-corrected chi connectivity index (χ1v) is 8.68. The van der Waals surface area contributed by atoms with E-state index in [0.717, 1.165) is 11.3 Å². The summed E-state index contributed by atoms with van der Waals surface area (Å²) in [6.07, 6.45) is -0.00857. The van der Waals surface area contributed by atoms with Crippen LogP contribution in [-0.4, -0.2) is 37.6 Å². The smallest absolute Gasteiger partial charge is 0.265 e. The summed E-state index contributed by atoms with van der Waals surface area (Å²) in [5.41, 5.74) is 2.10. The Morgan fingerprint density at radius 3 is 2.70 bits per heavy atom. The minimum atomic E-state index is -0.554. The molecule has 0 saturated carbocycles. The van der Waals surface area contributed by atoms with Crippen LogP contribution in [0.2, 0.25) is 0 Å². The highest BCUT2D eigenvalue weighted by atomic mass is 35.5. The van der Waals surface area contributed by atoms with E-state index in [2.05, 4.69) is 16.0 Å². The van der Waals surface area contributed by atoms with E-state index in [9.17, 15) is 9.59 Å². The lowest BCUT2D eigenvalue weighted by Gasteiger charge is -2.13. The van der Waals surface area contributed by atoms with Crippen molar-refractivity contribution < 1.29 is 14.3 Å². The first-order valence-electron chi connectivity index (χ1n) is 8.68. The first-order chi connectivity index (χ1) is 12.6. The first kappa shape index (κ1) is 20.7. The number of amides is 2. The maximum Gasteiger partial charge on any atom is 0.265 e. The van der Waals surface area contributed by atoms with E-state index in [0.29, 0.717) is 24.2 Å². The summed E-state index contributed by atoms with van der Waals surface area (Å²) in [6, 6.07) is 14.7. The number of rotatable bonds is 6. The van der Waals surface area contributed by atoms with Crippen LogP contribution in [0.4, 0.5) is 5.69 Å². The number of carbonyl (C=O) groups excluding carboxylic acids is 2. The lowest BCUT2D eigenvalue weighted by Crippen LogP contribution is -2.37. The second-order valence-corrected chi connectivity index (χ2v) is 6.39. The van der Waals surface area contributed by atoms with Crippen LogP contribution in [0.1, 0.15) is 22.8 Å². The topological polar surface area (TPSA) is 79.5 Å². The van der Waals surface area contributed by atoms with Crippen LogP contribution in [0.3, 0.4) is 0 Å². The van der Waals surface area contributed by atoms with Crippen LogP contribution in [0.5, 0.6) is 5.75 Å². The van der Waals surface area contributed by atoms with E-state index in [1.54, 1.807) is 24.3 Å². The Kier molecular flexibility index (Phi) is 7.21. The summed E-state index contributed by atoms with van der Waals surface area (Å²) >= 11 is 0. The quantitative estimate of drug-likeness (QED) is 0.708. The highest BCUT2D eigenvalue weighted by Crippen LogP contribution is 2.28. The maximum atomic E-state index is 12.5. The molecule has 2 amide bonds. The van der Waals surface area contributed by atoms with Gasteiger partial charge in [0.2, 0.25) is 0 Å². The minimum Gasteiger partial charge on any atom is -0.480 e. The average molecular weight is 390 g/mol. The van der Waals surface area contributed by atoms with Gasteiger partial charge >= 0.3 is 0 Å². The van der Waals surface area contributed by atoms with Gasteiger partial charge in [-0.05, 0) is 43.8 Å². The summed E-state index contributed by atoms with van der Waals surface area (Å²) in [7, 11) is 1.84. The Hall–Kier alpha value is -2.57. The molecule has 3 rings (SSSR count). The van der Waals surface area contributed by atoms with Crippen molar-refractivity contribution in [2.75, 3.05) is 18.9 Å². The van der Waals surface area contributed by atoms with Crippen molar-refractivity contribution >= 4 is 29.9 Å². The third-order valence-corrected chi connectivity index (χ3v) is 4.39. The second kappa shape index (κ2) is 9.39. The molecule has 2 atom stereocenters. The molecule has 0 radical (unpaired) electrons. The molecular weight excluding hydrogens is 366 g/mol. The molecule has 144 valence electrons. The third-order valence-electron chi connectivity index (χ3n) is 4.39. The molecule has 27 heavy (non-hydrogen) atoms. The minimum absolute atomic E-state index is 0. The van der Waals surface area contributed by atoms with Gasteiger partial charge in [-0.3, -0.25) is 9.59 Å². The molecule has 7 heteroatoms. The Morgan fingerprint density at radius 1 is 1.19 bits per heavy atom. The van der Waals surface area contributed by atoms with Crippen molar-refractivity contribution in [3.8, 4) is 5.75 Å². The van der Waals surface area contributed by atoms with E-state index < -0.39 is 6.10 Å². The van der Waals surface area contributed by atoms with Gasteiger partial charge in [0.25, 0.3) is 11.8 Å². The number of para-hydroxylation sites is 1. The largest absolute Gasteiger partial charge is 0.480 e. The molecule has 6 nitrogen and oxygen atoms in total. The molecule has 2 unspecified atom stereocenters. The lowest BCUT2D eigenvalue weighted by molar-refractivity contribution is -0.122. The Balaban J connectivity index is 0.00000261. The molecule has 3 N–H and O–H groups in total. The molecule has 2 aromatic carbocycles. The van der Waals surface area contributed by atoms with Crippen molar-refractivity contribution in [3.63, 3.8) is 0 Å². The fourth-order valence-corrected chi connectivity index (χ4v) is 2.74. The molecule has 0 aliphatic carbocycles. The second-order valence-electron chi connectivity index (χ2n) is 6.39. The molecule has 1 heterocycles. The van der Waals surface area contributed by atoms with Crippen LogP contribution < -0.4 is 20.7 Å². The standard InChI is InChI=1S/C20H23N3O3.ClH/c1-13(21-2)12-22-19(24)15-7-5-8-16(10-15)23-20(25)18-11-14-6-3-4-9-17(14)26-18;/h3-10,13,18,21H,11-12H2,1-2H3,(H,22,24)(H,23,25);1H. The molecule has 1 aliphatic rings. The number of ether oxygens (including phenoxy) is 1. The molecule has 0 bridgehead atoms. The van der Waals surface area contributed by atoms with Crippen LogP contribution in [0.15, 0.2) is 48.5 Å². The van der Waals surface area contributed by atoms with Crippen molar-refractivity contribution in [1.82, 2.24) is 10.6 Å². The zero-order valence-electron chi connectivity index (χ0n) is 15.3. The summed E-state index contributed by atoms with van der Waals surface area (Å²) < 4.78 is 5.70. The summed E-state index contributed by atoms with van der Waals surface area (Å²) in [5, 5.41) is 8.75. The van der Waals surface area contributed by atoms with Crippen LogP contribution >= 0.6 is 12.4 Å². The summed E-state index contributed by atoms with van der Waals surface area (Å²) in [6.45, 7) is 2.51. The summed E-state index contributed by atoms with van der Waals surface area (Å²) in [4.78, 5) is 24.7. The highest BCUT2D eigenvalue weighted by Gasteiger charge is 2.28. The molecular formula is C20H24ClN3O3. The Morgan fingerprint density at radius 2 is 1.96 bits per heavy atom. The van der Waals surface area contributed by atoms with Gasteiger partial charge in [0.05, 0.1) is 0 Å². The number of likely N-dealkylation sites (N-methyl/N-ethyl adjacent to an activating group) is 1. The van der Waals surface area contributed by atoms with Crippen molar-refractivity contribution in [3.05, 3.63) is 59.7 Å². The number of benzene rings is 2. The maximum absolute atomic E-state index is 12.5. The predicted molar refractivity (Wildman–Crippen MR) is 108 cm³/mol. The van der Waals surface area contributed by atoms with Crippen LogP contribution in [0, 0.1) is 0 Å². The van der Waals surface area contributed by atoms with Gasteiger partial charge in [0, 0.05) is 30.3 Å². The van der Waals surface area contributed by atoms with Crippen LogP contribution in [-0.2, 0) is 11.2 Å². The SMILES string of the molecule is CNC(C)CNC(=O)c1cccc(NC(=O)C2Cc3ccccc3O2)c1.Cl. The van der Waals surface area contributed by atoms with E-state index in [-0.39, 0.29) is 30.3 Å².